The van der Waals surface area contributed by atoms with E-state index in [0.29, 0.717) is 35.5 Å². The highest BCUT2D eigenvalue weighted by molar-refractivity contribution is 7.89. The molecule has 0 aliphatic carbocycles. The number of aromatic nitrogens is 2. The van der Waals surface area contributed by atoms with Crippen molar-refractivity contribution in [2.45, 2.75) is 38.3 Å². The van der Waals surface area contributed by atoms with Crippen LogP contribution in [0.25, 0.3) is 0 Å². The Bertz CT molecular complexity index is 1250. The molecular weight excluding hydrogens is 412 g/mol. The van der Waals surface area contributed by atoms with Crippen molar-refractivity contribution >= 4 is 15.9 Å². The number of amides is 1. The number of fused-ring (bicyclic) bond motifs is 1. The Morgan fingerprint density at radius 3 is 2.65 bits per heavy atom. The van der Waals surface area contributed by atoms with Crippen molar-refractivity contribution in [1.82, 2.24) is 19.4 Å². The zero-order valence-corrected chi connectivity index (χ0v) is 18.7. The molecular formula is C23H26N4O3S. The van der Waals surface area contributed by atoms with Gasteiger partial charge in [-0.05, 0) is 31.0 Å². The topological polar surface area (TPSA) is 84.3 Å². The standard InChI is InChI=1S/C23H26N4O3S/c1-16-7-6-9-18(13-16)14-24-23(28)22-19-15-27(12-11-20(19)26(3)25-22)31(29,30)21-10-5-4-8-17(21)2/h4-10,13H,11-12,14-15H2,1-3H3,(H,24,28). The van der Waals surface area contributed by atoms with Gasteiger partial charge in [0.15, 0.2) is 5.69 Å². The second-order valence-corrected chi connectivity index (χ2v) is 9.83. The molecule has 2 aromatic carbocycles. The fourth-order valence-corrected chi connectivity index (χ4v) is 5.66. The van der Waals surface area contributed by atoms with E-state index in [4.69, 9.17) is 0 Å². The SMILES string of the molecule is Cc1cccc(CNC(=O)c2nn(C)c3c2CN(S(=O)(=O)c2ccccc2C)CC3)c1. The van der Waals surface area contributed by atoms with Crippen LogP contribution >= 0.6 is 0 Å². The van der Waals surface area contributed by atoms with Gasteiger partial charge in [0.1, 0.15) is 0 Å². The van der Waals surface area contributed by atoms with Crippen molar-refractivity contribution in [1.29, 1.82) is 0 Å². The van der Waals surface area contributed by atoms with Crippen LogP contribution < -0.4 is 5.32 Å². The van der Waals surface area contributed by atoms with Gasteiger partial charge >= 0.3 is 0 Å². The summed E-state index contributed by atoms with van der Waals surface area (Å²) in [6.45, 7) is 4.66. The maximum absolute atomic E-state index is 13.2. The number of carbonyl (C=O) groups excluding carboxylic acids is 1. The third kappa shape index (κ3) is 4.13. The fraction of sp³-hybridized carbons (Fsp3) is 0.304. The number of benzene rings is 2. The van der Waals surface area contributed by atoms with Crippen LogP contribution in [-0.4, -0.2) is 35.0 Å². The molecule has 0 saturated carbocycles. The number of aryl methyl sites for hydroxylation is 3. The summed E-state index contributed by atoms with van der Waals surface area (Å²) in [6, 6.07) is 14.9. The van der Waals surface area contributed by atoms with Gasteiger partial charge in [-0.1, -0.05) is 48.0 Å². The molecule has 162 valence electrons. The Balaban J connectivity index is 1.58. The summed E-state index contributed by atoms with van der Waals surface area (Å²) in [7, 11) is -1.87. The first-order valence-electron chi connectivity index (χ1n) is 10.2. The fourth-order valence-electron chi connectivity index (χ4n) is 4.03. The molecule has 7 nitrogen and oxygen atoms in total. The number of rotatable bonds is 5. The molecule has 0 fully saturated rings. The highest BCUT2D eigenvalue weighted by atomic mass is 32.2. The molecule has 1 N–H and O–H groups in total. The Hall–Kier alpha value is -2.97. The monoisotopic (exact) mass is 438 g/mol. The van der Waals surface area contributed by atoms with Crippen molar-refractivity contribution in [3.05, 3.63) is 82.2 Å². The summed E-state index contributed by atoms with van der Waals surface area (Å²) in [5.74, 6) is -0.298. The molecule has 3 aromatic rings. The highest BCUT2D eigenvalue weighted by Gasteiger charge is 2.34. The van der Waals surface area contributed by atoms with Crippen molar-refractivity contribution in [2.24, 2.45) is 7.05 Å². The molecule has 0 atom stereocenters. The van der Waals surface area contributed by atoms with Crippen LogP contribution in [0.3, 0.4) is 0 Å². The molecule has 1 aliphatic rings. The van der Waals surface area contributed by atoms with Crippen molar-refractivity contribution in [3.8, 4) is 0 Å². The summed E-state index contributed by atoms with van der Waals surface area (Å²) in [5, 5.41) is 7.33. The molecule has 8 heteroatoms. The van der Waals surface area contributed by atoms with Crippen molar-refractivity contribution in [3.63, 3.8) is 0 Å². The summed E-state index contributed by atoms with van der Waals surface area (Å²) >= 11 is 0. The largest absolute Gasteiger partial charge is 0.347 e. The van der Waals surface area contributed by atoms with Crippen molar-refractivity contribution < 1.29 is 13.2 Å². The lowest BCUT2D eigenvalue weighted by atomic mass is 10.1. The molecule has 0 spiro atoms. The van der Waals surface area contributed by atoms with E-state index in [9.17, 15) is 13.2 Å². The average Bonchev–Trinajstić information content (AvgIpc) is 3.08. The molecule has 1 aliphatic heterocycles. The minimum Gasteiger partial charge on any atom is -0.347 e. The first-order valence-corrected chi connectivity index (χ1v) is 11.7. The number of hydrogen-bond donors (Lipinski definition) is 1. The second kappa shape index (κ2) is 8.28. The Kier molecular flexibility index (Phi) is 5.68. The van der Waals surface area contributed by atoms with Gasteiger partial charge in [-0.2, -0.15) is 9.40 Å². The van der Waals surface area contributed by atoms with Crippen LogP contribution in [0, 0.1) is 13.8 Å². The number of nitrogens with zero attached hydrogens (tertiary/aromatic N) is 3. The molecule has 4 rings (SSSR count). The summed E-state index contributed by atoms with van der Waals surface area (Å²) in [5.41, 5.74) is 4.69. The Morgan fingerprint density at radius 2 is 1.90 bits per heavy atom. The van der Waals surface area contributed by atoms with Crippen LogP contribution in [0.1, 0.15) is 38.4 Å². The number of hydrogen-bond acceptors (Lipinski definition) is 4. The number of nitrogens with one attached hydrogen (secondary N) is 1. The van der Waals surface area contributed by atoms with Gasteiger partial charge < -0.3 is 5.32 Å². The van der Waals surface area contributed by atoms with Gasteiger partial charge in [0.25, 0.3) is 5.91 Å². The first kappa shape index (κ1) is 21.3. The molecule has 31 heavy (non-hydrogen) atoms. The van der Waals surface area contributed by atoms with E-state index in [-0.39, 0.29) is 18.1 Å². The zero-order valence-electron chi connectivity index (χ0n) is 17.9. The van der Waals surface area contributed by atoms with E-state index in [1.54, 1.807) is 36.9 Å². The van der Waals surface area contributed by atoms with E-state index in [2.05, 4.69) is 10.4 Å². The zero-order chi connectivity index (χ0) is 22.2. The van der Waals surface area contributed by atoms with Gasteiger partial charge in [-0.3, -0.25) is 9.48 Å². The van der Waals surface area contributed by atoms with E-state index in [1.807, 2.05) is 37.3 Å². The minimum absolute atomic E-state index is 0.132. The van der Waals surface area contributed by atoms with Crippen molar-refractivity contribution in [2.75, 3.05) is 6.54 Å². The van der Waals surface area contributed by atoms with Gasteiger partial charge in [-0.15, -0.1) is 0 Å². The van der Waals surface area contributed by atoms with E-state index < -0.39 is 10.0 Å². The summed E-state index contributed by atoms with van der Waals surface area (Å²) < 4.78 is 29.6. The van der Waals surface area contributed by atoms with E-state index >= 15 is 0 Å². The predicted molar refractivity (Wildman–Crippen MR) is 118 cm³/mol. The maximum atomic E-state index is 13.2. The molecule has 1 amide bonds. The third-order valence-corrected chi connectivity index (χ3v) is 7.67. The maximum Gasteiger partial charge on any atom is 0.272 e. The molecule has 0 unspecified atom stereocenters. The minimum atomic E-state index is -3.66. The van der Waals surface area contributed by atoms with Crippen LogP contribution in [0.2, 0.25) is 0 Å². The van der Waals surface area contributed by atoms with Crippen LogP contribution in [-0.2, 0) is 36.6 Å². The Morgan fingerprint density at radius 1 is 1.13 bits per heavy atom. The lowest BCUT2D eigenvalue weighted by Crippen LogP contribution is -2.37. The van der Waals surface area contributed by atoms with E-state index in [0.717, 1.165) is 16.8 Å². The summed E-state index contributed by atoms with van der Waals surface area (Å²) in [4.78, 5) is 13.2. The second-order valence-electron chi connectivity index (χ2n) is 7.92. The van der Waals surface area contributed by atoms with E-state index in [1.165, 1.54) is 4.31 Å². The van der Waals surface area contributed by atoms with Gasteiger partial charge in [-0.25, -0.2) is 8.42 Å². The Labute approximate surface area is 182 Å². The van der Waals surface area contributed by atoms with Crippen LogP contribution in [0.4, 0.5) is 0 Å². The smallest absolute Gasteiger partial charge is 0.272 e. The van der Waals surface area contributed by atoms with Gasteiger partial charge in [0.2, 0.25) is 10.0 Å². The van der Waals surface area contributed by atoms with Crippen LogP contribution in [0.15, 0.2) is 53.4 Å². The molecule has 1 aromatic heterocycles. The van der Waals surface area contributed by atoms with Gasteiger partial charge in [0, 0.05) is 44.4 Å². The first-order chi connectivity index (χ1) is 14.8. The normalized spacial score (nSPS) is 14.3. The molecule has 0 saturated heterocycles. The third-order valence-electron chi connectivity index (χ3n) is 5.67. The lowest BCUT2D eigenvalue weighted by Gasteiger charge is -2.27. The number of carbonyl (C=O) groups is 1. The quantitative estimate of drug-likeness (QED) is 0.664. The predicted octanol–water partition coefficient (Wildman–Crippen LogP) is 2.71. The lowest BCUT2D eigenvalue weighted by molar-refractivity contribution is 0.0943. The molecule has 0 bridgehead atoms. The molecule has 2 heterocycles. The van der Waals surface area contributed by atoms with Gasteiger partial charge in [0.05, 0.1) is 4.90 Å². The summed E-state index contributed by atoms with van der Waals surface area (Å²) in [6.07, 6.45) is 0.509. The average molecular weight is 439 g/mol. The number of sulfonamides is 1. The van der Waals surface area contributed by atoms with Crippen LogP contribution in [0.5, 0.6) is 0 Å². The highest BCUT2D eigenvalue weighted by Crippen LogP contribution is 2.28. The molecule has 0 radical (unpaired) electrons.